The Kier molecular flexibility index (Phi) is 8.21. The standard InChI is InChI=1S/C20H34B2O6/c1-6-21-24-13-16(26-21)17-18-19(28-22(7-2)27-18)20(25-17)23-12-11-15(5)10-8-9-14(3)4/h9,11,16-20H,6-8,10,12-13H2,1-5H3/b15-11+. The Hall–Kier alpha value is -0.630. The summed E-state index contributed by atoms with van der Waals surface area (Å²) in [5, 5.41) is 0. The third-order valence-corrected chi connectivity index (χ3v) is 5.41. The highest BCUT2D eigenvalue weighted by molar-refractivity contribution is 6.45. The van der Waals surface area contributed by atoms with E-state index in [1.54, 1.807) is 0 Å². The molecule has 0 bridgehead atoms. The highest BCUT2D eigenvalue weighted by atomic mass is 16.8. The lowest BCUT2D eigenvalue weighted by Crippen LogP contribution is -2.39. The molecule has 6 nitrogen and oxygen atoms in total. The molecule has 156 valence electrons. The van der Waals surface area contributed by atoms with Crippen molar-refractivity contribution in [3.63, 3.8) is 0 Å². The second-order valence-corrected chi connectivity index (χ2v) is 8.06. The third-order valence-electron chi connectivity index (χ3n) is 5.41. The fourth-order valence-electron chi connectivity index (χ4n) is 3.79. The molecule has 3 fully saturated rings. The normalized spacial score (nSPS) is 32.9. The lowest BCUT2D eigenvalue weighted by atomic mass is 9.86. The molecule has 0 aliphatic carbocycles. The number of allylic oxidation sites excluding steroid dienone is 3. The maximum Gasteiger partial charge on any atom is 0.457 e. The highest BCUT2D eigenvalue weighted by Gasteiger charge is 2.57. The first-order chi connectivity index (χ1) is 13.5. The molecule has 3 aliphatic rings. The van der Waals surface area contributed by atoms with E-state index in [1.807, 2.05) is 6.92 Å². The molecule has 0 spiro atoms. The molecule has 0 aromatic carbocycles. The van der Waals surface area contributed by atoms with Crippen LogP contribution in [-0.2, 0) is 28.1 Å². The average Bonchev–Trinajstić information content (AvgIpc) is 3.36. The fraction of sp³-hybridized carbons (Fsp3) is 0.800. The van der Waals surface area contributed by atoms with Gasteiger partial charge in [0.1, 0.15) is 18.3 Å². The Bertz CT molecular complexity index is 565. The lowest BCUT2D eigenvalue weighted by Gasteiger charge is -2.23. The molecule has 0 radical (unpaired) electrons. The smallest absolute Gasteiger partial charge is 0.408 e. The van der Waals surface area contributed by atoms with E-state index in [-0.39, 0.29) is 38.7 Å². The molecule has 0 N–H and O–H groups in total. The molecule has 8 heteroatoms. The molecule has 0 aromatic rings. The topological polar surface area (TPSA) is 55.4 Å². The van der Waals surface area contributed by atoms with Crippen LogP contribution in [0.25, 0.3) is 0 Å². The van der Waals surface area contributed by atoms with Crippen LogP contribution in [-0.4, -0.2) is 58.2 Å². The van der Waals surface area contributed by atoms with Crippen molar-refractivity contribution < 1.29 is 28.1 Å². The highest BCUT2D eigenvalue weighted by Crippen LogP contribution is 2.37. The van der Waals surface area contributed by atoms with Gasteiger partial charge in [-0.05, 0) is 46.3 Å². The predicted octanol–water partition coefficient (Wildman–Crippen LogP) is 3.64. The van der Waals surface area contributed by atoms with Crippen molar-refractivity contribution in [3.05, 3.63) is 23.3 Å². The Balaban J connectivity index is 1.54. The van der Waals surface area contributed by atoms with Crippen LogP contribution < -0.4 is 0 Å². The SMILES string of the molecule is CCB1OCC(C2OC(OC/C=C(\C)CCC=C(C)C)C3OB(CC)OC23)O1. The van der Waals surface area contributed by atoms with Gasteiger partial charge in [-0.2, -0.15) is 0 Å². The lowest BCUT2D eigenvalue weighted by molar-refractivity contribution is -0.168. The Morgan fingerprint density at radius 1 is 0.964 bits per heavy atom. The van der Waals surface area contributed by atoms with Gasteiger partial charge >= 0.3 is 14.2 Å². The van der Waals surface area contributed by atoms with E-state index in [4.69, 9.17) is 28.1 Å². The van der Waals surface area contributed by atoms with Crippen molar-refractivity contribution >= 4 is 14.2 Å². The van der Waals surface area contributed by atoms with Crippen molar-refractivity contribution in [1.29, 1.82) is 0 Å². The van der Waals surface area contributed by atoms with Crippen LogP contribution in [0, 0.1) is 0 Å². The zero-order valence-electron chi connectivity index (χ0n) is 17.9. The van der Waals surface area contributed by atoms with Gasteiger partial charge in [0, 0.05) is 0 Å². The van der Waals surface area contributed by atoms with E-state index in [0.717, 1.165) is 25.5 Å². The van der Waals surface area contributed by atoms with Crippen molar-refractivity contribution in [1.82, 2.24) is 0 Å². The molecule has 3 aliphatic heterocycles. The maximum atomic E-state index is 6.18. The summed E-state index contributed by atoms with van der Waals surface area (Å²) in [5.41, 5.74) is 2.67. The first-order valence-corrected chi connectivity index (χ1v) is 10.7. The molecule has 5 unspecified atom stereocenters. The van der Waals surface area contributed by atoms with Gasteiger partial charge in [0.05, 0.1) is 19.3 Å². The molecule has 3 saturated heterocycles. The van der Waals surface area contributed by atoms with E-state index in [2.05, 4.69) is 39.8 Å². The van der Waals surface area contributed by atoms with Gasteiger partial charge in [-0.3, -0.25) is 0 Å². The van der Waals surface area contributed by atoms with Gasteiger partial charge in [-0.15, -0.1) is 0 Å². The minimum absolute atomic E-state index is 0.147. The zero-order chi connectivity index (χ0) is 20.1. The summed E-state index contributed by atoms with van der Waals surface area (Å²) >= 11 is 0. The summed E-state index contributed by atoms with van der Waals surface area (Å²) in [6.45, 7) is 11.5. The number of rotatable bonds is 9. The van der Waals surface area contributed by atoms with Crippen molar-refractivity contribution in [2.24, 2.45) is 0 Å². The van der Waals surface area contributed by atoms with E-state index in [0.29, 0.717) is 13.2 Å². The summed E-state index contributed by atoms with van der Waals surface area (Å²) < 4.78 is 36.0. The second kappa shape index (κ2) is 10.4. The van der Waals surface area contributed by atoms with Crippen LogP contribution in [0.1, 0.15) is 47.5 Å². The van der Waals surface area contributed by atoms with E-state index < -0.39 is 6.29 Å². The summed E-state index contributed by atoms with van der Waals surface area (Å²) in [5.74, 6) is 0. The van der Waals surface area contributed by atoms with Gasteiger partial charge in [0.25, 0.3) is 0 Å². The van der Waals surface area contributed by atoms with Crippen LogP contribution in [0.4, 0.5) is 0 Å². The molecule has 0 amide bonds. The van der Waals surface area contributed by atoms with Gasteiger partial charge in [0.15, 0.2) is 6.29 Å². The largest absolute Gasteiger partial charge is 0.457 e. The Labute approximate surface area is 170 Å². The number of fused-ring (bicyclic) bond motifs is 1. The Morgan fingerprint density at radius 2 is 1.71 bits per heavy atom. The maximum absolute atomic E-state index is 6.18. The van der Waals surface area contributed by atoms with Gasteiger partial charge < -0.3 is 28.1 Å². The molecule has 5 atom stereocenters. The predicted molar refractivity (Wildman–Crippen MR) is 110 cm³/mol. The quantitative estimate of drug-likeness (QED) is 0.441. The van der Waals surface area contributed by atoms with Gasteiger partial charge in [0.2, 0.25) is 0 Å². The average molecular weight is 392 g/mol. The van der Waals surface area contributed by atoms with E-state index >= 15 is 0 Å². The first-order valence-electron chi connectivity index (χ1n) is 10.7. The van der Waals surface area contributed by atoms with Crippen LogP contribution in [0.2, 0.25) is 12.6 Å². The van der Waals surface area contributed by atoms with Crippen LogP contribution in [0.5, 0.6) is 0 Å². The summed E-state index contributed by atoms with van der Waals surface area (Å²) in [7, 11) is -0.374. The summed E-state index contributed by atoms with van der Waals surface area (Å²) in [4.78, 5) is 0. The first kappa shape index (κ1) is 22.1. The monoisotopic (exact) mass is 392 g/mol. The van der Waals surface area contributed by atoms with Gasteiger partial charge in [-0.1, -0.05) is 37.1 Å². The molecule has 0 saturated carbocycles. The Morgan fingerprint density at radius 3 is 2.39 bits per heavy atom. The molecular weight excluding hydrogens is 358 g/mol. The molecular formula is C20H34B2O6. The number of hydrogen-bond donors (Lipinski definition) is 0. The van der Waals surface area contributed by atoms with E-state index in [9.17, 15) is 0 Å². The minimum Gasteiger partial charge on any atom is -0.408 e. The summed E-state index contributed by atoms with van der Waals surface area (Å²) in [6.07, 6.45) is 6.88. The zero-order valence-corrected chi connectivity index (χ0v) is 17.9. The van der Waals surface area contributed by atoms with Crippen LogP contribution in [0.3, 0.4) is 0 Å². The summed E-state index contributed by atoms with van der Waals surface area (Å²) in [6, 6.07) is 0. The molecule has 0 aromatic heterocycles. The third kappa shape index (κ3) is 5.49. The van der Waals surface area contributed by atoms with E-state index in [1.165, 1.54) is 11.1 Å². The van der Waals surface area contributed by atoms with Crippen molar-refractivity contribution in [3.8, 4) is 0 Å². The number of ether oxygens (including phenoxy) is 2. The van der Waals surface area contributed by atoms with Gasteiger partial charge in [-0.25, -0.2) is 0 Å². The molecule has 28 heavy (non-hydrogen) atoms. The van der Waals surface area contributed by atoms with Crippen molar-refractivity contribution in [2.75, 3.05) is 13.2 Å². The fourth-order valence-corrected chi connectivity index (χ4v) is 3.79. The van der Waals surface area contributed by atoms with Crippen LogP contribution >= 0.6 is 0 Å². The molecule has 3 rings (SSSR count). The van der Waals surface area contributed by atoms with Crippen molar-refractivity contribution in [2.45, 2.75) is 90.8 Å². The minimum atomic E-state index is -0.447. The molecule has 3 heterocycles. The van der Waals surface area contributed by atoms with Crippen LogP contribution in [0.15, 0.2) is 23.3 Å². The second-order valence-electron chi connectivity index (χ2n) is 8.06. The number of hydrogen-bond acceptors (Lipinski definition) is 6.